The Bertz CT molecular complexity index is 873. The normalized spacial score (nSPS) is 12.1. The summed E-state index contributed by atoms with van der Waals surface area (Å²) in [5.74, 6) is -1.53. The van der Waals surface area contributed by atoms with E-state index >= 15 is 0 Å². The molecule has 0 aliphatic heterocycles. The minimum absolute atomic E-state index is 0.181. The summed E-state index contributed by atoms with van der Waals surface area (Å²) < 4.78 is 26.2. The van der Waals surface area contributed by atoms with Gasteiger partial charge in [-0.25, -0.2) is 8.42 Å². The van der Waals surface area contributed by atoms with Crippen molar-refractivity contribution in [1.82, 2.24) is 4.31 Å². The second-order valence-corrected chi connectivity index (χ2v) is 7.15. The molecule has 0 bridgehead atoms. The zero-order valence-electron chi connectivity index (χ0n) is 13.9. The first-order valence-electron chi connectivity index (χ1n) is 7.69. The smallest absolute Gasteiger partial charge is 0.243 e. The summed E-state index contributed by atoms with van der Waals surface area (Å²) in [5.41, 5.74) is 0.695. The Morgan fingerprint density at radius 1 is 0.960 bits per heavy atom. The molecule has 134 valence electrons. The third kappa shape index (κ3) is 3.92. The van der Waals surface area contributed by atoms with E-state index in [4.69, 9.17) is 0 Å². The van der Waals surface area contributed by atoms with Gasteiger partial charge in [-0.15, -0.1) is 0 Å². The van der Waals surface area contributed by atoms with Crippen molar-refractivity contribution in [2.45, 2.75) is 18.7 Å². The summed E-state index contributed by atoms with van der Waals surface area (Å²) in [6, 6.07) is 8.65. The van der Waals surface area contributed by atoms with Crippen LogP contribution in [0.4, 0.5) is 5.69 Å². The lowest BCUT2D eigenvalue weighted by atomic mass is 10.2. The van der Waals surface area contributed by atoms with Gasteiger partial charge in [-0.1, -0.05) is 13.8 Å². The molecule has 0 fully saturated rings. The molecule has 0 aromatic heterocycles. The molecule has 0 amide bonds. The topological polar surface area (TPSA) is 110 Å². The van der Waals surface area contributed by atoms with Crippen LogP contribution in [0.3, 0.4) is 0 Å². The Hall–Kier alpha value is -2.58. The second-order valence-electron chi connectivity index (χ2n) is 5.21. The number of phenolic OH excluding ortho intramolecular Hbond substituents is 3. The molecule has 0 heterocycles. The minimum atomic E-state index is -3.52. The van der Waals surface area contributed by atoms with E-state index in [2.05, 4.69) is 4.99 Å². The molecular weight excluding hydrogens is 344 g/mol. The van der Waals surface area contributed by atoms with Crippen LogP contribution >= 0.6 is 0 Å². The van der Waals surface area contributed by atoms with Crippen LogP contribution in [0.5, 0.6) is 17.2 Å². The van der Waals surface area contributed by atoms with Crippen molar-refractivity contribution in [1.29, 1.82) is 0 Å². The average molecular weight is 364 g/mol. The first kappa shape index (κ1) is 18.8. The number of aliphatic imine (C=N–C) groups is 1. The van der Waals surface area contributed by atoms with Crippen molar-refractivity contribution in [2.75, 3.05) is 13.1 Å². The summed E-state index contributed by atoms with van der Waals surface area (Å²) in [6.45, 7) is 4.34. The highest BCUT2D eigenvalue weighted by atomic mass is 32.2. The number of hydrogen-bond donors (Lipinski definition) is 3. The molecule has 2 aromatic carbocycles. The van der Waals surface area contributed by atoms with Gasteiger partial charge >= 0.3 is 0 Å². The number of hydrogen-bond acceptors (Lipinski definition) is 6. The number of sulfonamides is 1. The average Bonchev–Trinajstić information content (AvgIpc) is 2.60. The highest BCUT2D eigenvalue weighted by Crippen LogP contribution is 2.36. The molecule has 3 N–H and O–H groups in total. The van der Waals surface area contributed by atoms with E-state index in [9.17, 15) is 23.7 Å². The van der Waals surface area contributed by atoms with Gasteiger partial charge in [-0.3, -0.25) is 4.99 Å². The van der Waals surface area contributed by atoms with Crippen molar-refractivity contribution in [3.63, 3.8) is 0 Å². The van der Waals surface area contributed by atoms with Crippen LogP contribution in [0.1, 0.15) is 19.4 Å². The molecule has 0 saturated heterocycles. The first-order valence-corrected chi connectivity index (χ1v) is 9.13. The molecule has 0 spiro atoms. The van der Waals surface area contributed by atoms with E-state index in [1.165, 1.54) is 34.8 Å². The highest BCUT2D eigenvalue weighted by Gasteiger charge is 2.21. The van der Waals surface area contributed by atoms with Crippen LogP contribution in [0.25, 0.3) is 0 Å². The zero-order chi connectivity index (χ0) is 18.6. The van der Waals surface area contributed by atoms with Crippen LogP contribution in [0.2, 0.25) is 0 Å². The van der Waals surface area contributed by atoms with Gasteiger partial charge in [0.15, 0.2) is 11.5 Å². The van der Waals surface area contributed by atoms with Crippen LogP contribution in [0.15, 0.2) is 46.3 Å². The summed E-state index contributed by atoms with van der Waals surface area (Å²) in [4.78, 5) is 4.31. The Kier molecular flexibility index (Phi) is 5.66. The standard InChI is InChI=1S/C17H20N2O5S/c1-3-19(4-2)25(23,24)14-8-6-13(7-9-14)18-11-12-5-10-15(20)17(22)16(12)21/h5-11,20-22H,3-4H2,1-2H3. The van der Waals surface area contributed by atoms with Gasteiger partial charge in [-0.05, 0) is 36.4 Å². The quantitative estimate of drug-likeness (QED) is 0.539. The Labute approximate surface area is 146 Å². The Morgan fingerprint density at radius 2 is 1.56 bits per heavy atom. The van der Waals surface area contributed by atoms with Gasteiger partial charge in [0.1, 0.15) is 0 Å². The van der Waals surface area contributed by atoms with Crippen LogP contribution in [0, 0.1) is 0 Å². The molecule has 0 aliphatic carbocycles. The minimum Gasteiger partial charge on any atom is -0.504 e. The maximum Gasteiger partial charge on any atom is 0.243 e. The largest absolute Gasteiger partial charge is 0.504 e. The lowest BCUT2D eigenvalue weighted by Gasteiger charge is -2.18. The maximum absolute atomic E-state index is 12.4. The maximum atomic E-state index is 12.4. The zero-order valence-corrected chi connectivity index (χ0v) is 14.7. The fourth-order valence-electron chi connectivity index (χ4n) is 2.25. The Balaban J connectivity index is 2.25. The molecule has 0 radical (unpaired) electrons. The number of benzene rings is 2. The third-order valence-electron chi connectivity index (χ3n) is 3.69. The number of nitrogens with zero attached hydrogens (tertiary/aromatic N) is 2. The fourth-order valence-corrected chi connectivity index (χ4v) is 3.71. The summed E-state index contributed by atoms with van der Waals surface area (Å²) in [6.07, 6.45) is 1.31. The van der Waals surface area contributed by atoms with Crippen molar-refractivity contribution in [3.8, 4) is 17.2 Å². The van der Waals surface area contributed by atoms with E-state index in [1.807, 2.05) is 0 Å². The highest BCUT2D eigenvalue weighted by molar-refractivity contribution is 7.89. The van der Waals surface area contributed by atoms with Gasteiger partial charge in [0.25, 0.3) is 0 Å². The van der Waals surface area contributed by atoms with Crippen LogP contribution < -0.4 is 0 Å². The second kappa shape index (κ2) is 7.54. The molecule has 0 saturated carbocycles. The SMILES string of the molecule is CCN(CC)S(=O)(=O)c1ccc(N=Cc2ccc(O)c(O)c2O)cc1. The van der Waals surface area contributed by atoms with Crippen LogP contribution in [-0.4, -0.2) is 47.3 Å². The van der Waals surface area contributed by atoms with E-state index in [0.29, 0.717) is 18.8 Å². The van der Waals surface area contributed by atoms with Crippen molar-refractivity contribution in [3.05, 3.63) is 42.0 Å². The molecule has 0 unspecified atom stereocenters. The molecule has 2 rings (SSSR count). The molecule has 25 heavy (non-hydrogen) atoms. The number of aromatic hydroxyl groups is 3. The molecule has 0 atom stereocenters. The summed E-state index contributed by atoms with van der Waals surface area (Å²) in [7, 11) is -3.52. The lowest BCUT2D eigenvalue weighted by Crippen LogP contribution is -2.30. The monoisotopic (exact) mass is 364 g/mol. The van der Waals surface area contributed by atoms with Crippen LogP contribution in [-0.2, 0) is 10.0 Å². The molecule has 2 aromatic rings. The molecule has 0 aliphatic rings. The summed E-state index contributed by atoms with van der Waals surface area (Å²) >= 11 is 0. The van der Waals surface area contributed by atoms with Crippen molar-refractivity contribution in [2.24, 2.45) is 4.99 Å². The summed E-state index contributed by atoms with van der Waals surface area (Å²) in [5, 5.41) is 28.5. The van der Waals surface area contributed by atoms with Crippen molar-refractivity contribution >= 4 is 21.9 Å². The predicted octanol–water partition coefficient (Wildman–Crippen LogP) is 2.58. The lowest BCUT2D eigenvalue weighted by molar-refractivity contribution is 0.367. The molecule has 7 nitrogen and oxygen atoms in total. The van der Waals surface area contributed by atoms with Gasteiger partial charge in [0.2, 0.25) is 15.8 Å². The molecule has 8 heteroatoms. The number of rotatable bonds is 6. The van der Waals surface area contributed by atoms with E-state index < -0.39 is 27.3 Å². The predicted molar refractivity (Wildman–Crippen MR) is 95.2 cm³/mol. The number of phenols is 3. The fraction of sp³-hybridized carbons (Fsp3) is 0.235. The van der Waals surface area contributed by atoms with E-state index in [1.54, 1.807) is 26.0 Å². The first-order chi connectivity index (χ1) is 11.8. The van der Waals surface area contributed by atoms with Gasteiger partial charge in [-0.2, -0.15) is 4.31 Å². The van der Waals surface area contributed by atoms with Gasteiger partial charge < -0.3 is 15.3 Å². The van der Waals surface area contributed by atoms with Gasteiger partial charge in [0.05, 0.1) is 10.6 Å². The van der Waals surface area contributed by atoms with Gasteiger partial charge in [0, 0.05) is 24.9 Å². The third-order valence-corrected chi connectivity index (χ3v) is 5.76. The molecular formula is C17H20N2O5S. The van der Waals surface area contributed by atoms with E-state index in [0.717, 1.165) is 0 Å². The van der Waals surface area contributed by atoms with Crippen molar-refractivity contribution < 1.29 is 23.7 Å². The van der Waals surface area contributed by atoms with E-state index in [-0.39, 0.29) is 10.5 Å². The Morgan fingerprint density at radius 3 is 2.12 bits per heavy atom.